The maximum absolute atomic E-state index is 13.7. The average molecular weight is 575 g/mol. The van der Waals surface area contributed by atoms with Gasteiger partial charge in [-0.1, -0.05) is 32.0 Å². The van der Waals surface area contributed by atoms with E-state index in [0.717, 1.165) is 36.5 Å². The van der Waals surface area contributed by atoms with Crippen molar-refractivity contribution in [2.24, 2.45) is 0 Å². The molecule has 2 aromatic heterocycles. The highest BCUT2D eigenvalue weighted by atomic mass is 32.2. The predicted octanol–water partition coefficient (Wildman–Crippen LogP) is 3.54. The van der Waals surface area contributed by atoms with Crippen LogP contribution in [0.1, 0.15) is 36.2 Å². The number of benzene rings is 2. The van der Waals surface area contributed by atoms with Crippen LogP contribution < -0.4 is 20.9 Å². The molecule has 1 fully saturated rings. The van der Waals surface area contributed by atoms with Crippen LogP contribution in [0.3, 0.4) is 0 Å². The fourth-order valence-electron chi connectivity index (χ4n) is 4.68. The SMILES string of the molecule is CC(C)S(=O)c1ccccc1Cn1c(=O)c(C(=O)N(C)C)cc2cnc(Nc3ccc(OC4CCNC4)cc3)nc21. The van der Waals surface area contributed by atoms with Crippen molar-refractivity contribution >= 4 is 39.4 Å². The van der Waals surface area contributed by atoms with Crippen molar-refractivity contribution < 1.29 is 13.7 Å². The minimum absolute atomic E-state index is 0.0160. The molecule has 2 unspecified atom stereocenters. The first-order valence-electron chi connectivity index (χ1n) is 13.6. The van der Waals surface area contributed by atoms with Gasteiger partial charge in [0.25, 0.3) is 11.5 Å². The monoisotopic (exact) mass is 574 g/mol. The summed E-state index contributed by atoms with van der Waals surface area (Å²) in [5.74, 6) is 0.667. The van der Waals surface area contributed by atoms with Crippen LogP contribution in [0.4, 0.5) is 11.6 Å². The number of ether oxygens (including phenoxy) is 1. The number of anilines is 2. The zero-order valence-electron chi connectivity index (χ0n) is 23.6. The number of nitrogens with one attached hydrogen (secondary N) is 2. The lowest BCUT2D eigenvalue weighted by atomic mass is 10.1. The number of pyridine rings is 1. The van der Waals surface area contributed by atoms with E-state index in [4.69, 9.17) is 4.74 Å². The lowest BCUT2D eigenvalue weighted by Gasteiger charge is -2.17. The molecule has 0 aliphatic carbocycles. The van der Waals surface area contributed by atoms with Crippen LogP contribution in [0.2, 0.25) is 0 Å². The zero-order valence-corrected chi connectivity index (χ0v) is 24.4. The number of aromatic nitrogens is 3. The van der Waals surface area contributed by atoms with Gasteiger partial charge < -0.3 is 20.3 Å². The molecule has 10 nitrogen and oxygen atoms in total. The third-order valence-electron chi connectivity index (χ3n) is 6.84. The van der Waals surface area contributed by atoms with Crippen LogP contribution in [-0.4, -0.2) is 68.1 Å². The van der Waals surface area contributed by atoms with E-state index in [0.29, 0.717) is 21.9 Å². The van der Waals surface area contributed by atoms with Crippen LogP contribution in [-0.2, 0) is 17.3 Å². The Hall–Kier alpha value is -4.09. The molecule has 1 aliphatic rings. The third kappa shape index (κ3) is 6.31. The fraction of sp³-hybridized carbons (Fsp3) is 0.333. The zero-order chi connectivity index (χ0) is 29.1. The second-order valence-electron chi connectivity index (χ2n) is 10.5. The van der Waals surface area contributed by atoms with E-state index in [1.54, 1.807) is 20.3 Å². The fourth-order valence-corrected chi connectivity index (χ4v) is 5.79. The van der Waals surface area contributed by atoms with Crippen molar-refractivity contribution in [2.75, 3.05) is 32.5 Å². The summed E-state index contributed by atoms with van der Waals surface area (Å²) in [6, 6.07) is 16.4. The lowest BCUT2D eigenvalue weighted by molar-refractivity contribution is 0.0825. The Bertz CT molecular complexity index is 1650. The van der Waals surface area contributed by atoms with Crippen LogP contribution >= 0.6 is 0 Å². The lowest BCUT2D eigenvalue weighted by Crippen LogP contribution is -2.33. The molecule has 4 aromatic rings. The van der Waals surface area contributed by atoms with Crippen molar-refractivity contribution in [3.63, 3.8) is 0 Å². The third-order valence-corrected chi connectivity index (χ3v) is 8.53. The van der Waals surface area contributed by atoms with E-state index >= 15 is 0 Å². The average Bonchev–Trinajstić information content (AvgIpc) is 3.48. The van der Waals surface area contributed by atoms with E-state index in [1.165, 1.54) is 15.5 Å². The minimum atomic E-state index is -1.27. The predicted molar refractivity (Wildman–Crippen MR) is 161 cm³/mol. The molecule has 0 saturated carbocycles. The molecule has 2 aromatic carbocycles. The van der Waals surface area contributed by atoms with E-state index in [9.17, 15) is 13.8 Å². The van der Waals surface area contributed by atoms with Gasteiger partial charge in [0.15, 0.2) is 0 Å². The molecule has 2 atom stereocenters. The maximum Gasteiger partial charge on any atom is 0.265 e. The highest BCUT2D eigenvalue weighted by Crippen LogP contribution is 2.23. The van der Waals surface area contributed by atoms with Crippen LogP contribution in [0.25, 0.3) is 11.0 Å². The summed E-state index contributed by atoms with van der Waals surface area (Å²) in [7, 11) is 1.93. The van der Waals surface area contributed by atoms with Crippen molar-refractivity contribution in [2.45, 2.75) is 43.1 Å². The van der Waals surface area contributed by atoms with Gasteiger partial charge in [-0.2, -0.15) is 4.98 Å². The topological polar surface area (TPSA) is 118 Å². The number of rotatable bonds is 9. The van der Waals surface area contributed by atoms with E-state index in [-0.39, 0.29) is 23.5 Å². The number of fused-ring (bicyclic) bond motifs is 1. The summed E-state index contributed by atoms with van der Waals surface area (Å²) in [4.78, 5) is 37.8. The molecular weight excluding hydrogens is 540 g/mol. The minimum Gasteiger partial charge on any atom is -0.489 e. The molecule has 0 radical (unpaired) electrons. The van der Waals surface area contributed by atoms with Crippen molar-refractivity contribution in [1.29, 1.82) is 0 Å². The molecule has 1 saturated heterocycles. The molecule has 5 rings (SSSR count). The maximum atomic E-state index is 13.7. The van der Waals surface area contributed by atoms with Crippen LogP contribution in [0, 0.1) is 0 Å². The molecule has 1 amide bonds. The highest BCUT2D eigenvalue weighted by molar-refractivity contribution is 7.85. The Morgan fingerprint density at radius 2 is 1.95 bits per heavy atom. The molecular formula is C30H34N6O4S. The van der Waals surface area contributed by atoms with Gasteiger partial charge in [-0.25, -0.2) is 4.98 Å². The molecule has 2 N–H and O–H groups in total. The number of carbonyl (C=O) groups excluding carboxylic acids is 1. The highest BCUT2D eigenvalue weighted by Gasteiger charge is 2.21. The molecule has 11 heteroatoms. The number of amides is 1. The van der Waals surface area contributed by atoms with Gasteiger partial charge in [0.2, 0.25) is 5.95 Å². The van der Waals surface area contributed by atoms with Gasteiger partial charge in [0, 0.05) is 48.1 Å². The standard InChI is InChI=1S/C30H34N6O4S/c1-19(2)41(39)26-8-6-5-7-20(26)18-36-27-21(15-25(29(36)38)28(37)35(3)4)16-32-30(34-27)33-22-9-11-23(12-10-22)40-24-13-14-31-17-24/h5-12,15-16,19,24,31H,13-14,17-18H2,1-4H3,(H,32,33,34). The van der Waals surface area contributed by atoms with Crippen LogP contribution in [0.15, 0.2) is 70.5 Å². The largest absolute Gasteiger partial charge is 0.489 e. The summed E-state index contributed by atoms with van der Waals surface area (Å²) in [5.41, 5.74) is 1.38. The summed E-state index contributed by atoms with van der Waals surface area (Å²) >= 11 is 0. The molecule has 214 valence electrons. The molecule has 41 heavy (non-hydrogen) atoms. The van der Waals surface area contributed by atoms with E-state index in [1.807, 2.05) is 62.4 Å². The smallest absolute Gasteiger partial charge is 0.265 e. The second kappa shape index (κ2) is 12.2. The number of hydrogen-bond donors (Lipinski definition) is 2. The Morgan fingerprint density at radius 3 is 2.63 bits per heavy atom. The Labute approximate surface area is 241 Å². The Balaban J connectivity index is 1.53. The first-order chi connectivity index (χ1) is 19.7. The summed E-state index contributed by atoms with van der Waals surface area (Å²) in [6.45, 7) is 5.67. The van der Waals surface area contributed by atoms with Gasteiger partial charge in [0.1, 0.15) is 23.1 Å². The second-order valence-corrected chi connectivity index (χ2v) is 12.4. The number of carbonyl (C=O) groups is 1. The molecule has 3 heterocycles. The Morgan fingerprint density at radius 1 is 1.20 bits per heavy atom. The number of hydrogen-bond acceptors (Lipinski definition) is 8. The first kappa shape index (κ1) is 28.4. The van der Waals surface area contributed by atoms with Crippen molar-refractivity contribution in [1.82, 2.24) is 24.8 Å². The van der Waals surface area contributed by atoms with Crippen LogP contribution in [0.5, 0.6) is 5.75 Å². The first-order valence-corrected chi connectivity index (χ1v) is 14.8. The van der Waals surface area contributed by atoms with Gasteiger partial charge in [-0.3, -0.25) is 18.4 Å². The molecule has 0 spiro atoms. The number of nitrogens with zero attached hydrogens (tertiary/aromatic N) is 4. The summed E-state index contributed by atoms with van der Waals surface area (Å²) < 4.78 is 20.5. The van der Waals surface area contributed by atoms with Gasteiger partial charge >= 0.3 is 0 Å². The van der Waals surface area contributed by atoms with Gasteiger partial charge in [-0.15, -0.1) is 0 Å². The summed E-state index contributed by atoms with van der Waals surface area (Å²) in [6.07, 6.45) is 2.74. The van der Waals surface area contributed by atoms with Gasteiger partial charge in [0.05, 0.1) is 17.3 Å². The quantitative estimate of drug-likeness (QED) is 0.312. The van der Waals surface area contributed by atoms with E-state index in [2.05, 4.69) is 20.6 Å². The van der Waals surface area contributed by atoms with Crippen molar-refractivity contribution in [3.8, 4) is 5.75 Å². The Kier molecular flexibility index (Phi) is 8.46. The normalized spacial score (nSPS) is 15.7. The molecule has 1 aliphatic heterocycles. The van der Waals surface area contributed by atoms with E-state index < -0.39 is 22.3 Å². The summed E-state index contributed by atoms with van der Waals surface area (Å²) in [5, 5.41) is 6.92. The van der Waals surface area contributed by atoms with Crippen molar-refractivity contribution in [3.05, 3.63) is 82.3 Å². The molecule has 0 bridgehead atoms. The van der Waals surface area contributed by atoms with Gasteiger partial charge in [-0.05, 0) is 54.9 Å².